The molecule has 1 radical (unpaired) electrons. The normalized spacial score (nSPS) is 21.1. The van der Waals surface area contributed by atoms with Gasteiger partial charge in [0.05, 0.1) is 6.54 Å². The van der Waals surface area contributed by atoms with Crippen LogP contribution in [0.5, 0.6) is 0 Å². The highest BCUT2D eigenvalue weighted by atomic mass is 14.5. The van der Waals surface area contributed by atoms with E-state index in [1.807, 2.05) is 0 Å². The van der Waals surface area contributed by atoms with Gasteiger partial charge in [0.2, 0.25) is 7.28 Å². The van der Waals surface area contributed by atoms with E-state index in [2.05, 4.69) is 19.0 Å². The van der Waals surface area contributed by atoms with Crippen molar-refractivity contribution >= 4 is 7.28 Å². The van der Waals surface area contributed by atoms with E-state index in [4.69, 9.17) is 5.73 Å². The third kappa shape index (κ3) is 10.4. The second kappa shape index (κ2) is 13.6. The summed E-state index contributed by atoms with van der Waals surface area (Å²) in [6, 6.07) is 0. The van der Waals surface area contributed by atoms with Crippen molar-refractivity contribution in [3.05, 3.63) is 0 Å². The maximum absolute atomic E-state index is 5.44. The maximum atomic E-state index is 5.44. The molecular weight excluding hydrogens is 241 g/mol. The Kier molecular flexibility index (Phi) is 12.0. The van der Waals surface area contributed by atoms with Crippen LogP contribution in [0.4, 0.5) is 0 Å². The molecule has 1 aliphatic carbocycles. The summed E-state index contributed by atoms with van der Waals surface area (Å²) >= 11 is 0. The van der Waals surface area contributed by atoms with E-state index in [1.165, 1.54) is 89.9 Å². The van der Waals surface area contributed by atoms with Crippen LogP contribution in [0, 0.1) is 11.7 Å². The molecule has 0 aliphatic heterocycles. The number of nitrogens with two attached hydrogens (primary N) is 1. The van der Waals surface area contributed by atoms with Crippen molar-refractivity contribution < 1.29 is 0 Å². The minimum atomic E-state index is 0.489. The van der Waals surface area contributed by atoms with Crippen LogP contribution in [-0.4, -0.2) is 13.8 Å². The molecule has 1 rings (SSSR count). The maximum Gasteiger partial charge on any atom is 0.219 e. The summed E-state index contributed by atoms with van der Waals surface area (Å²) in [5.41, 5.74) is 5.44. The lowest BCUT2D eigenvalue weighted by Gasteiger charge is -2.13. The van der Waals surface area contributed by atoms with Crippen LogP contribution in [0.25, 0.3) is 0 Å². The molecule has 0 saturated heterocycles. The van der Waals surface area contributed by atoms with E-state index < -0.39 is 0 Å². The molecule has 0 aromatic heterocycles. The van der Waals surface area contributed by atoms with Crippen LogP contribution in [0.1, 0.15) is 89.9 Å². The number of rotatable bonds is 1. The van der Waals surface area contributed by atoms with Gasteiger partial charge in [0.25, 0.3) is 0 Å². The zero-order valence-electron chi connectivity index (χ0n) is 13.3. The van der Waals surface area contributed by atoms with E-state index in [-0.39, 0.29) is 0 Å². The zero-order valence-corrected chi connectivity index (χ0v) is 13.3. The zero-order chi connectivity index (χ0) is 14.3. The lowest BCUT2D eigenvalue weighted by molar-refractivity contribution is 0.546. The summed E-state index contributed by atoms with van der Waals surface area (Å²) in [6.07, 6.45) is 19.8. The summed E-state index contributed by atoms with van der Waals surface area (Å²) in [5, 5.41) is 0. The van der Waals surface area contributed by atoms with Gasteiger partial charge in [0, 0.05) is 0 Å². The minimum absolute atomic E-state index is 0.489. The fourth-order valence-corrected chi connectivity index (χ4v) is 3.13. The van der Waals surface area contributed by atoms with Crippen molar-refractivity contribution in [2.45, 2.75) is 95.7 Å². The fraction of sp³-hybridized carbons (Fsp3) is 0.889. The molecule has 0 unspecified atom stereocenters. The third-order valence-electron chi connectivity index (χ3n) is 4.42. The first-order valence-corrected chi connectivity index (χ1v) is 8.95. The van der Waals surface area contributed by atoms with Crippen molar-refractivity contribution in [1.29, 1.82) is 0 Å². The van der Waals surface area contributed by atoms with Gasteiger partial charge in [0.1, 0.15) is 0 Å². The summed E-state index contributed by atoms with van der Waals surface area (Å²) in [6.45, 7) is 0.489. The van der Waals surface area contributed by atoms with Crippen LogP contribution >= 0.6 is 0 Å². The summed E-state index contributed by atoms with van der Waals surface area (Å²) < 4.78 is 0. The number of hydrogen-bond donors (Lipinski definition) is 1. The number of hydrogen-bond acceptors (Lipinski definition) is 1. The highest BCUT2D eigenvalue weighted by molar-refractivity contribution is 6.47. The molecule has 0 atom stereocenters. The molecule has 113 valence electrons. The highest BCUT2D eigenvalue weighted by Crippen LogP contribution is 2.23. The third-order valence-corrected chi connectivity index (χ3v) is 4.42. The Labute approximate surface area is 127 Å². The SMILES string of the molecule is NCC#C[B]C1CCCCCCCCCCCCCC1. The topological polar surface area (TPSA) is 26.0 Å². The van der Waals surface area contributed by atoms with Gasteiger partial charge >= 0.3 is 0 Å². The van der Waals surface area contributed by atoms with Gasteiger partial charge in [-0.2, -0.15) is 5.82 Å². The standard InChI is InChI=1S/C18H33BN/c20-17-13-16-19-18-14-11-9-7-5-3-1-2-4-6-8-10-12-15-18/h18H,1-12,14-15,17,20H2. The molecule has 1 fully saturated rings. The monoisotopic (exact) mass is 274 g/mol. The Balaban J connectivity index is 2.28. The smallest absolute Gasteiger partial charge is 0.219 e. The molecule has 0 aromatic carbocycles. The molecule has 20 heavy (non-hydrogen) atoms. The molecule has 2 N–H and O–H groups in total. The average Bonchev–Trinajstić information content (AvgIpc) is 2.47. The van der Waals surface area contributed by atoms with E-state index >= 15 is 0 Å². The second-order valence-electron chi connectivity index (χ2n) is 6.27. The van der Waals surface area contributed by atoms with Crippen LogP contribution in [0.15, 0.2) is 0 Å². The molecular formula is C18H33BN. The van der Waals surface area contributed by atoms with Crippen LogP contribution in [0.2, 0.25) is 5.82 Å². The van der Waals surface area contributed by atoms with Gasteiger partial charge in [-0.25, -0.2) is 0 Å². The minimum Gasteiger partial charge on any atom is -0.320 e. The Hall–Kier alpha value is -0.415. The molecule has 0 spiro atoms. The van der Waals surface area contributed by atoms with Gasteiger partial charge in [-0.1, -0.05) is 95.7 Å². The van der Waals surface area contributed by atoms with Crippen molar-refractivity contribution in [3.8, 4) is 11.7 Å². The van der Waals surface area contributed by atoms with Crippen molar-refractivity contribution in [3.63, 3.8) is 0 Å². The molecule has 0 amide bonds. The Morgan fingerprint density at radius 2 is 1.10 bits per heavy atom. The summed E-state index contributed by atoms with van der Waals surface area (Å²) in [7, 11) is 2.23. The van der Waals surface area contributed by atoms with E-state index in [0.717, 1.165) is 0 Å². The van der Waals surface area contributed by atoms with Crippen molar-refractivity contribution in [2.75, 3.05) is 6.54 Å². The first kappa shape index (κ1) is 17.6. The van der Waals surface area contributed by atoms with Crippen LogP contribution in [0.3, 0.4) is 0 Å². The van der Waals surface area contributed by atoms with E-state index in [9.17, 15) is 0 Å². The predicted octanol–water partition coefficient (Wildman–Crippen LogP) is 4.87. The predicted molar refractivity (Wildman–Crippen MR) is 91.0 cm³/mol. The first-order chi connectivity index (χ1) is 9.93. The van der Waals surface area contributed by atoms with Gasteiger partial charge in [0.15, 0.2) is 0 Å². The highest BCUT2D eigenvalue weighted by Gasteiger charge is 2.09. The van der Waals surface area contributed by atoms with Crippen molar-refractivity contribution in [2.24, 2.45) is 5.73 Å². The Bertz CT molecular complexity index is 250. The van der Waals surface area contributed by atoms with Gasteiger partial charge in [-0.15, -0.1) is 5.92 Å². The first-order valence-electron chi connectivity index (χ1n) is 8.95. The van der Waals surface area contributed by atoms with Gasteiger partial charge in [-0.05, 0) is 0 Å². The van der Waals surface area contributed by atoms with Gasteiger partial charge < -0.3 is 5.73 Å². The molecule has 2 heteroatoms. The molecule has 0 heterocycles. The van der Waals surface area contributed by atoms with Crippen molar-refractivity contribution in [1.82, 2.24) is 0 Å². The summed E-state index contributed by atoms with van der Waals surface area (Å²) in [4.78, 5) is 0. The Morgan fingerprint density at radius 3 is 1.50 bits per heavy atom. The largest absolute Gasteiger partial charge is 0.320 e. The second-order valence-corrected chi connectivity index (χ2v) is 6.27. The quantitative estimate of drug-likeness (QED) is 0.535. The van der Waals surface area contributed by atoms with Gasteiger partial charge in [-0.3, -0.25) is 0 Å². The van der Waals surface area contributed by atoms with Crippen LogP contribution in [-0.2, 0) is 0 Å². The molecule has 1 saturated carbocycles. The molecule has 0 bridgehead atoms. The molecule has 1 nitrogen and oxygen atoms in total. The molecule has 0 aromatic rings. The van der Waals surface area contributed by atoms with E-state index in [1.54, 1.807) is 0 Å². The van der Waals surface area contributed by atoms with E-state index in [0.29, 0.717) is 12.4 Å². The Morgan fingerprint density at radius 1 is 0.700 bits per heavy atom. The molecule has 1 aliphatic rings. The lowest BCUT2D eigenvalue weighted by atomic mass is 9.61. The summed E-state index contributed by atoms with van der Waals surface area (Å²) in [5.74, 6) is 6.84. The average molecular weight is 274 g/mol. The van der Waals surface area contributed by atoms with Crippen LogP contribution < -0.4 is 5.73 Å². The lowest BCUT2D eigenvalue weighted by Crippen LogP contribution is -2.04. The fourth-order valence-electron chi connectivity index (χ4n) is 3.13.